The summed E-state index contributed by atoms with van der Waals surface area (Å²) in [6.45, 7) is 3.65. The van der Waals surface area contributed by atoms with Gasteiger partial charge in [0, 0.05) is 16.7 Å². The van der Waals surface area contributed by atoms with Gasteiger partial charge < -0.3 is 14.3 Å². The van der Waals surface area contributed by atoms with Crippen LogP contribution >= 0.6 is 15.9 Å². The maximum absolute atomic E-state index is 11.9. The molecule has 106 valence electrons. The van der Waals surface area contributed by atoms with Gasteiger partial charge in [-0.15, -0.1) is 0 Å². The quantitative estimate of drug-likeness (QED) is 0.930. The zero-order valence-electron chi connectivity index (χ0n) is 11.2. The molecule has 0 saturated carbocycles. The van der Waals surface area contributed by atoms with Gasteiger partial charge in [0.15, 0.2) is 0 Å². The van der Waals surface area contributed by atoms with Crippen molar-refractivity contribution in [3.05, 3.63) is 56.8 Å². The summed E-state index contributed by atoms with van der Waals surface area (Å²) in [5, 5.41) is 2.80. The minimum atomic E-state index is -0.244. The molecule has 1 atom stereocenters. The van der Waals surface area contributed by atoms with Gasteiger partial charge in [-0.05, 0) is 48.0 Å². The summed E-state index contributed by atoms with van der Waals surface area (Å²) >= 11 is 3.27. The smallest absolute Gasteiger partial charge is 0.251 e. The average Bonchev–Trinajstić information content (AvgIpc) is 2.80. The second-order valence-corrected chi connectivity index (χ2v) is 5.47. The van der Waals surface area contributed by atoms with Crippen LogP contribution in [-0.4, -0.2) is 10.5 Å². The molecule has 0 saturated heterocycles. The van der Waals surface area contributed by atoms with E-state index in [1.54, 1.807) is 12.3 Å². The van der Waals surface area contributed by atoms with Gasteiger partial charge in [0.2, 0.25) is 5.91 Å². The first-order valence-corrected chi connectivity index (χ1v) is 6.96. The van der Waals surface area contributed by atoms with Gasteiger partial charge >= 0.3 is 0 Å². The third-order valence-corrected chi connectivity index (χ3v) is 3.30. The number of hydrogen-bond donors (Lipinski definition) is 1. The Bertz CT molecular complexity index is 675. The van der Waals surface area contributed by atoms with E-state index >= 15 is 0 Å². The Morgan fingerprint density at radius 3 is 2.80 bits per heavy atom. The number of carbonyl (C=O) groups is 1. The Kier molecular flexibility index (Phi) is 4.44. The average molecular weight is 339 g/mol. The van der Waals surface area contributed by atoms with Crippen molar-refractivity contribution in [3.63, 3.8) is 0 Å². The number of amides is 1. The van der Waals surface area contributed by atoms with E-state index in [4.69, 9.17) is 4.42 Å². The van der Waals surface area contributed by atoms with Crippen LogP contribution in [0.1, 0.15) is 24.5 Å². The lowest BCUT2D eigenvalue weighted by Gasteiger charge is -2.12. The first-order valence-electron chi connectivity index (χ1n) is 6.17. The second-order valence-electron chi connectivity index (χ2n) is 4.55. The molecule has 0 aliphatic rings. The van der Waals surface area contributed by atoms with E-state index in [-0.39, 0.29) is 24.1 Å². The fourth-order valence-electron chi connectivity index (χ4n) is 1.82. The molecule has 0 spiro atoms. The zero-order chi connectivity index (χ0) is 14.7. The maximum atomic E-state index is 11.9. The number of furan rings is 1. The highest BCUT2D eigenvalue weighted by molar-refractivity contribution is 9.10. The highest BCUT2D eigenvalue weighted by Gasteiger charge is 2.13. The molecular weight excluding hydrogens is 324 g/mol. The molecule has 1 N–H and O–H groups in total. The van der Waals surface area contributed by atoms with Crippen molar-refractivity contribution in [1.82, 2.24) is 9.88 Å². The van der Waals surface area contributed by atoms with E-state index in [1.807, 2.05) is 26.0 Å². The molecule has 0 aliphatic carbocycles. The van der Waals surface area contributed by atoms with Crippen molar-refractivity contribution < 1.29 is 9.21 Å². The van der Waals surface area contributed by atoms with Gasteiger partial charge in [0.1, 0.15) is 18.1 Å². The highest BCUT2D eigenvalue weighted by atomic mass is 79.9. The maximum Gasteiger partial charge on any atom is 0.251 e. The van der Waals surface area contributed by atoms with Crippen LogP contribution in [0.25, 0.3) is 0 Å². The number of carbonyl (C=O) groups excluding carboxylic acids is 1. The van der Waals surface area contributed by atoms with E-state index in [0.717, 1.165) is 10.2 Å². The molecule has 2 rings (SSSR count). The van der Waals surface area contributed by atoms with E-state index in [0.29, 0.717) is 5.76 Å². The standard InChI is InChI=1S/C14H15BrN2O3/c1-9-3-5-12(20-9)10(2)16-13(18)8-17-7-11(15)4-6-14(17)19/h3-7,10H,8H2,1-2H3,(H,16,18)/t10-/m1/s1. The molecular formula is C14H15BrN2O3. The fraction of sp³-hybridized carbons (Fsp3) is 0.286. The van der Waals surface area contributed by atoms with Gasteiger partial charge in [-0.25, -0.2) is 0 Å². The molecule has 0 aromatic carbocycles. The third-order valence-electron chi connectivity index (χ3n) is 2.83. The summed E-state index contributed by atoms with van der Waals surface area (Å²) in [5.74, 6) is 1.24. The molecule has 0 aliphatic heterocycles. The Labute approximate surface area is 124 Å². The van der Waals surface area contributed by atoms with Crippen LogP contribution in [0.3, 0.4) is 0 Å². The molecule has 6 heteroatoms. The summed E-state index contributed by atoms with van der Waals surface area (Å²) < 4.78 is 7.54. The van der Waals surface area contributed by atoms with Crippen LogP contribution in [0.2, 0.25) is 0 Å². The van der Waals surface area contributed by atoms with Gasteiger partial charge in [0.05, 0.1) is 6.04 Å². The van der Waals surface area contributed by atoms with E-state index in [9.17, 15) is 9.59 Å². The molecule has 1 amide bonds. The number of aryl methyl sites for hydroxylation is 1. The van der Waals surface area contributed by atoms with Crippen molar-refractivity contribution >= 4 is 21.8 Å². The van der Waals surface area contributed by atoms with Gasteiger partial charge in [-0.2, -0.15) is 0 Å². The molecule has 2 aromatic heterocycles. The minimum absolute atomic E-state index is 0.0255. The molecule has 0 fully saturated rings. The zero-order valence-corrected chi connectivity index (χ0v) is 12.8. The topological polar surface area (TPSA) is 64.2 Å². The van der Waals surface area contributed by atoms with Crippen molar-refractivity contribution in [1.29, 1.82) is 0 Å². The number of aromatic nitrogens is 1. The highest BCUT2D eigenvalue weighted by Crippen LogP contribution is 2.15. The molecule has 5 nitrogen and oxygen atoms in total. The van der Waals surface area contributed by atoms with Gasteiger partial charge in [0.25, 0.3) is 5.56 Å². The summed E-state index contributed by atoms with van der Waals surface area (Å²) in [7, 11) is 0. The van der Waals surface area contributed by atoms with Crippen molar-refractivity contribution in [2.75, 3.05) is 0 Å². The Balaban J connectivity index is 2.02. The third kappa shape index (κ3) is 3.60. The predicted molar refractivity (Wildman–Crippen MR) is 78.4 cm³/mol. The number of halogens is 1. The molecule has 2 aromatic rings. The lowest BCUT2D eigenvalue weighted by molar-refractivity contribution is -0.122. The largest absolute Gasteiger partial charge is 0.464 e. The lowest BCUT2D eigenvalue weighted by atomic mass is 10.2. The van der Waals surface area contributed by atoms with Crippen LogP contribution in [-0.2, 0) is 11.3 Å². The summed E-state index contributed by atoms with van der Waals surface area (Å²) in [6.07, 6.45) is 1.59. The number of hydrogen-bond acceptors (Lipinski definition) is 3. The van der Waals surface area contributed by atoms with Crippen molar-refractivity contribution in [3.8, 4) is 0 Å². The van der Waals surface area contributed by atoms with E-state index in [2.05, 4.69) is 21.2 Å². The molecule has 0 bridgehead atoms. The first-order chi connectivity index (χ1) is 9.45. The minimum Gasteiger partial charge on any atom is -0.464 e. The Hall–Kier alpha value is -1.82. The second kappa shape index (κ2) is 6.09. The number of pyridine rings is 1. The number of nitrogens with zero attached hydrogens (tertiary/aromatic N) is 1. The number of rotatable bonds is 4. The molecule has 0 unspecified atom stereocenters. The SMILES string of the molecule is Cc1ccc([C@@H](C)NC(=O)Cn2cc(Br)ccc2=O)o1. The van der Waals surface area contributed by atoms with Crippen molar-refractivity contribution in [2.45, 2.75) is 26.4 Å². The van der Waals surface area contributed by atoms with E-state index < -0.39 is 0 Å². The predicted octanol–water partition coefficient (Wildman–Crippen LogP) is 2.39. The number of nitrogens with one attached hydrogen (secondary N) is 1. The van der Waals surface area contributed by atoms with Crippen LogP contribution < -0.4 is 10.9 Å². The van der Waals surface area contributed by atoms with Crippen LogP contribution in [0.4, 0.5) is 0 Å². The van der Waals surface area contributed by atoms with E-state index in [1.165, 1.54) is 10.6 Å². The molecule has 20 heavy (non-hydrogen) atoms. The fourth-order valence-corrected chi connectivity index (χ4v) is 2.20. The summed E-state index contributed by atoms with van der Waals surface area (Å²) in [4.78, 5) is 23.5. The lowest BCUT2D eigenvalue weighted by Crippen LogP contribution is -2.33. The van der Waals surface area contributed by atoms with Gasteiger partial charge in [-0.3, -0.25) is 9.59 Å². The summed E-state index contributed by atoms with van der Waals surface area (Å²) in [6, 6.07) is 6.49. The molecule has 2 heterocycles. The Morgan fingerprint density at radius 1 is 1.40 bits per heavy atom. The van der Waals surface area contributed by atoms with Crippen LogP contribution in [0.15, 0.2) is 44.1 Å². The Morgan fingerprint density at radius 2 is 2.15 bits per heavy atom. The van der Waals surface area contributed by atoms with Gasteiger partial charge in [-0.1, -0.05) is 0 Å². The van der Waals surface area contributed by atoms with Crippen LogP contribution in [0.5, 0.6) is 0 Å². The summed E-state index contributed by atoms with van der Waals surface area (Å²) in [5.41, 5.74) is -0.218. The van der Waals surface area contributed by atoms with Crippen LogP contribution in [0, 0.1) is 6.92 Å². The first kappa shape index (κ1) is 14.6. The normalized spacial score (nSPS) is 12.2. The van der Waals surface area contributed by atoms with Crippen molar-refractivity contribution in [2.24, 2.45) is 0 Å². The monoisotopic (exact) mass is 338 g/mol. The molecule has 0 radical (unpaired) electrons.